The number of esters is 1. The molecule has 164 valence electrons. The van der Waals surface area contributed by atoms with Gasteiger partial charge >= 0.3 is 5.97 Å². The highest BCUT2D eigenvalue weighted by Gasteiger charge is 2.33. The number of aromatic nitrogens is 1. The summed E-state index contributed by atoms with van der Waals surface area (Å²) < 4.78 is 7.73. The van der Waals surface area contributed by atoms with E-state index in [9.17, 15) is 9.59 Å². The van der Waals surface area contributed by atoms with Crippen LogP contribution in [0.1, 0.15) is 37.9 Å². The zero-order valence-electron chi connectivity index (χ0n) is 18.4. The Kier molecular flexibility index (Phi) is 6.48. The first-order chi connectivity index (χ1) is 15.4. The summed E-state index contributed by atoms with van der Waals surface area (Å²) in [5, 5.41) is 0. The zero-order chi connectivity index (χ0) is 22.8. The lowest BCUT2D eigenvalue weighted by Crippen LogP contribution is -2.40. The third kappa shape index (κ3) is 4.36. The second-order valence-electron chi connectivity index (χ2n) is 7.72. The van der Waals surface area contributed by atoms with Crippen molar-refractivity contribution >= 4 is 35.1 Å². The minimum absolute atomic E-state index is 0.168. The van der Waals surface area contributed by atoms with Gasteiger partial charge in [0.15, 0.2) is 4.80 Å². The molecule has 4 rings (SSSR count). The van der Waals surface area contributed by atoms with Gasteiger partial charge in [-0.3, -0.25) is 9.36 Å². The first kappa shape index (κ1) is 22.3. The van der Waals surface area contributed by atoms with E-state index >= 15 is 0 Å². The Morgan fingerprint density at radius 1 is 1.16 bits per heavy atom. The van der Waals surface area contributed by atoms with Crippen LogP contribution in [0.3, 0.4) is 0 Å². The Morgan fingerprint density at radius 3 is 2.47 bits per heavy atom. The molecule has 0 amide bonds. The molecule has 1 aliphatic heterocycles. The van der Waals surface area contributed by atoms with E-state index < -0.39 is 12.0 Å². The molecule has 0 aliphatic carbocycles. The predicted molar refractivity (Wildman–Crippen MR) is 130 cm³/mol. The van der Waals surface area contributed by atoms with Crippen molar-refractivity contribution in [1.29, 1.82) is 0 Å². The summed E-state index contributed by atoms with van der Waals surface area (Å²) in [6, 6.07) is 17.0. The molecule has 32 heavy (non-hydrogen) atoms. The summed E-state index contributed by atoms with van der Waals surface area (Å²) in [4.78, 5) is 32.9. The number of hydrogen-bond donors (Lipinski definition) is 0. The number of carbonyl (C=O) groups is 1. The van der Waals surface area contributed by atoms with E-state index in [2.05, 4.69) is 4.99 Å². The summed E-state index contributed by atoms with van der Waals surface area (Å²) >= 11 is 2.97. The Labute approximate surface area is 194 Å². The van der Waals surface area contributed by atoms with Crippen LogP contribution in [0, 0.1) is 0 Å². The molecule has 0 saturated carbocycles. The first-order valence-corrected chi connectivity index (χ1v) is 12.4. The molecule has 1 aromatic heterocycles. The van der Waals surface area contributed by atoms with Crippen LogP contribution in [0.15, 0.2) is 80.5 Å². The molecule has 7 heteroatoms. The first-order valence-electron chi connectivity index (χ1n) is 10.3. The normalized spacial score (nSPS) is 16.2. The Bertz CT molecular complexity index is 1350. The molecule has 1 aliphatic rings. The molecule has 2 heterocycles. The quantitative estimate of drug-likeness (QED) is 0.424. The number of rotatable bonds is 5. The molecule has 3 aromatic rings. The van der Waals surface area contributed by atoms with Crippen LogP contribution < -0.4 is 14.9 Å². The molecule has 0 unspecified atom stereocenters. The molecular weight excluding hydrogens is 440 g/mol. The van der Waals surface area contributed by atoms with Gasteiger partial charge < -0.3 is 4.74 Å². The van der Waals surface area contributed by atoms with Crippen LogP contribution in [-0.4, -0.2) is 22.9 Å². The van der Waals surface area contributed by atoms with Gasteiger partial charge in [-0.1, -0.05) is 53.8 Å². The smallest absolute Gasteiger partial charge is 0.338 e. The van der Waals surface area contributed by atoms with Crippen LogP contribution in [0.25, 0.3) is 6.08 Å². The molecule has 0 fully saturated rings. The molecule has 2 aromatic carbocycles. The van der Waals surface area contributed by atoms with Gasteiger partial charge in [0, 0.05) is 4.90 Å². The number of allylic oxidation sites excluding steroid dienone is 1. The van der Waals surface area contributed by atoms with Crippen LogP contribution in [-0.2, 0) is 9.53 Å². The van der Waals surface area contributed by atoms with Crippen molar-refractivity contribution in [3.63, 3.8) is 0 Å². The molecule has 0 bridgehead atoms. The van der Waals surface area contributed by atoms with Gasteiger partial charge in [0.25, 0.3) is 5.56 Å². The van der Waals surface area contributed by atoms with E-state index in [4.69, 9.17) is 4.74 Å². The van der Waals surface area contributed by atoms with Crippen molar-refractivity contribution < 1.29 is 9.53 Å². The number of benzene rings is 2. The zero-order valence-corrected chi connectivity index (χ0v) is 20.0. The number of thioether (sulfide) groups is 1. The van der Waals surface area contributed by atoms with Crippen LogP contribution >= 0.6 is 23.1 Å². The van der Waals surface area contributed by atoms with Crippen molar-refractivity contribution in [2.24, 2.45) is 4.99 Å². The SMILES string of the molecule is CSc1ccc([C@@H]2C(C(=O)OC(C)C)=C(C)N=c3s/c(=C\c4ccccc4)c(=O)n32)cc1. The fraction of sp³-hybridized carbons (Fsp3) is 0.240. The molecule has 0 radical (unpaired) electrons. The second-order valence-corrected chi connectivity index (χ2v) is 9.61. The molecule has 0 saturated heterocycles. The van der Waals surface area contributed by atoms with Gasteiger partial charge in [0.1, 0.15) is 0 Å². The summed E-state index contributed by atoms with van der Waals surface area (Å²) in [6.45, 7) is 5.42. The molecular formula is C25H24N2O3S2. The van der Waals surface area contributed by atoms with E-state index in [0.717, 1.165) is 16.0 Å². The average Bonchev–Trinajstić information content (AvgIpc) is 3.07. The highest BCUT2D eigenvalue weighted by molar-refractivity contribution is 7.98. The minimum atomic E-state index is -0.591. The van der Waals surface area contributed by atoms with E-state index in [1.165, 1.54) is 11.3 Å². The van der Waals surface area contributed by atoms with Gasteiger partial charge in [-0.15, -0.1) is 11.8 Å². The van der Waals surface area contributed by atoms with Gasteiger partial charge in [-0.2, -0.15) is 0 Å². The van der Waals surface area contributed by atoms with E-state index in [1.807, 2.05) is 80.8 Å². The fourth-order valence-corrected chi connectivity index (χ4v) is 5.12. The number of nitrogens with zero attached hydrogens (tertiary/aromatic N) is 2. The van der Waals surface area contributed by atoms with Crippen molar-refractivity contribution in [2.45, 2.75) is 37.8 Å². The van der Waals surface area contributed by atoms with Crippen molar-refractivity contribution in [3.8, 4) is 0 Å². The van der Waals surface area contributed by atoms with E-state index in [1.54, 1.807) is 23.3 Å². The van der Waals surface area contributed by atoms with Gasteiger partial charge in [-0.25, -0.2) is 9.79 Å². The van der Waals surface area contributed by atoms with Crippen molar-refractivity contribution in [1.82, 2.24) is 4.57 Å². The number of fused-ring (bicyclic) bond motifs is 1. The number of hydrogen-bond acceptors (Lipinski definition) is 6. The van der Waals surface area contributed by atoms with Crippen LogP contribution in [0.2, 0.25) is 0 Å². The van der Waals surface area contributed by atoms with Gasteiger partial charge in [0.2, 0.25) is 0 Å². The summed E-state index contributed by atoms with van der Waals surface area (Å²) in [7, 11) is 0. The third-order valence-corrected chi connectivity index (χ3v) is 6.84. The maximum absolute atomic E-state index is 13.5. The number of thiazole rings is 1. The Hall–Kier alpha value is -2.90. The Morgan fingerprint density at radius 2 is 1.84 bits per heavy atom. The summed E-state index contributed by atoms with van der Waals surface area (Å²) in [5.41, 5.74) is 2.59. The predicted octanol–water partition coefficient (Wildman–Crippen LogP) is 3.91. The summed E-state index contributed by atoms with van der Waals surface area (Å²) in [5.74, 6) is -0.447. The monoisotopic (exact) mass is 464 g/mol. The third-order valence-electron chi connectivity index (χ3n) is 5.11. The number of ether oxygens (including phenoxy) is 1. The maximum atomic E-state index is 13.5. The molecule has 5 nitrogen and oxygen atoms in total. The van der Waals surface area contributed by atoms with Gasteiger partial charge in [-0.05, 0) is 56.4 Å². The van der Waals surface area contributed by atoms with Crippen molar-refractivity contribution in [2.75, 3.05) is 6.26 Å². The lowest BCUT2D eigenvalue weighted by atomic mass is 9.96. The standard InChI is InChI=1S/C25H24N2O3S2/c1-15(2)30-24(29)21-16(3)26-25-27(22(21)18-10-12-19(31-4)13-11-18)23(28)20(32-25)14-17-8-6-5-7-9-17/h5-15,22H,1-4H3/b20-14-/t22-/m1/s1. The van der Waals surface area contributed by atoms with Gasteiger partial charge in [0.05, 0.1) is 27.9 Å². The maximum Gasteiger partial charge on any atom is 0.338 e. The van der Waals surface area contributed by atoms with E-state index in [-0.39, 0.29) is 11.7 Å². The summed E-state index contributed by atoms with van der Waals surface area (Å²) in [6.07, 6.45) is 3.60. The highest BCUT2D eigenvalue weighted by atomic mass is 32.2. The average molecular weight is 465 g/mol. The minimum Gasteiger partial charge on any atom is -0.459 e. The van der Waals surface area contributed by atoms with Crippen LogP contribution in [0.5, 0.6) is 0 Å². The fourth-order valence-electron chi connectivity index (χ4n) is 3.66. The largest absolute Gasteiger partial charge is 0.459 e. The highest BCUT2D eigenvalue weighted by Crippen LogP contribution is 2.31. The topological polar surface area (TPSA) is 60.7 Å². The molecule has 1 atom stereocenters. The molecule has 0 N–H and O–H groups in total. The van der Waals surface area contributed by atoms with Crippen LogP contribution in [0.4, 0.5) is 0 Å². The lowest BCUT2D eigenvalue weighted by Gasteiger charge is -2.25. The second kappa shape index (κ2) is 9.30. The number of carbonyl (C=O) groups excluding carboxylic acids is 1. The lowest BCUT2D eigenvalue weighted by molar-refractivity contribution is -0.143. The Balaban J connectivity index is 1.94. The van der Waals surface area contributed by atoms with Crippen molar-refractivity contribution in [3.05, 3.63) is 96.7 Å². The molecule has 0 spiro atoms. The van der Waals surface area contributed by atoms with E-state index in [0.29, 0.717) is 20.6 Å².